The van der Waals surface area contributed by atoms with Crippen molar-refractivity contribution in [1.29, 1.82) is 5.26 Å². The van der Waals surface area contributed by atoms with Crippen LogP contribution in [0.3, 0.4) is 0 Å². The number of rotatable bonds is 3. The molecule has 0 fully saturated rings. The normalized spacial score (nSPS) is 10.1. The zero-order valence-corrected chi connectivity index (χ0v) is 11.1. The second kappa shape index (κ2) is 5.53. The number of halogens is 1. The van der Waals surface area contributed by atoms with Gasteiger partial charge in [0.2, 0.25) is 0 Å². The predicted molar refractivity (Wildman–Crippen MR) is 71.7 cm³/mol. The van der Waals surface area contributed by atoms with Crippen LogP contribution in [0, 0.1) is 17.1 Å². The predicted octanol–water partition coefficient (Wildman–Crippen LogP) is 2.25. The van der Waals surface area contributed by atoms with Crippen LogP contribution in [-0.4, -0.2) is 15.7 Å². The summed E-state index contributed by atoms with van der Waals surface area (Å²) in [7, 11) is 1.68. The van der Waals surface area contributed by atoms with Gasteiger partial charge in [-0.15, -0.1) is 0 Å². The monoisotopic (exact) mass is 272 g/mol. The second-order valence-corrected chi connectivity index (χ2v) is 4.26. The molecule has 102 valence electrons. The SMILES string of the molecule is CCc1cc(C(=O)Nc2ccc(F)c(C#N)c2)n(C)n1. The third-order valence-corrected chi connectivity index (χ3v) is 2.87. The molecule has 1 amide bonds. The summed E-state index contributed by atoms with van der Waals surface area (Å²) in [5, 5.41) is 15.6. The molecule has 2 aromatic rings. The Labute approximate surface area is 115 Å². The third kappa shape index (κ3) is 2.67. The number of anilines is 1. The van der Waals surface area contributed by atoms with Crippen molar-refractivity contribution in [2.45, 2.75) is 13.3 Å². The van der Waals surface area contributed by atoms with Crippen LogP contribution in [-0.2, 0) is 13.5 Å². The van der Waals surface area contributed by atoms with Gasteiger partial charge in [-0.1, -0.05) is 6.92 Å². The fourth-order valence-electron chi connectivity index (χ4n) is 1.80. The van der Waals surface area contributed by atoms with Gasteiger partial charge in [0.15, 0.2) is 0 Å². The summed E-state index contributed by atoms with van der Waals surface area (Å²) in [5.74, 6) is -0.963. The van der Waals surface area contributed by atoms with Crippen LogP contribution in [0.25, 0.3) is 0 Å². The smallest absolute Gasteiger partial charge is 0.273 e. The standard InChI is InChI=1S/C14H13FN4O/c1-3-10-7-13(19(2)18-10)14(20)17-11-4-5-12(15)9(6-11)8-16/h4-7H,3H2,1-2H3,(H,17,20). The molecule has 1 N–H and O–H groups in total. The second-order valence-electron chi connectivity index (χ2n) is 4.26. The van der Waals surface area contributed by atoms with Crippen molar-refractivity contribution in [2.24, 2.45) is 7.05 Å². The highest BCUT2D eigenvalue weighted by Crippen LogP contribution is 2.15. The number of amides is 1. The van der Waals surface area contributed by atoms with Crippen LogP contribution < -0.4 is 5.32 Å². The van der Waals surface area contributed by atoms with Gasteiger partial charge in [0.05, 0.1) is 11.3 Å². The maximum atomic E-state index is 13.2. The number of nitriles is 1. The Kier molecular flexibility index (Phi) is 3.80. The number of carbonyl (C=O) groups is 1. The molecule has 0 atom stereocenters. The summed E-state index contributed by atoms with van der Waals surface area (Å²) in [6.07, 6.45) is 0.732. The molecule has 5 nitrogen and oxygen atoms in total. The number of aromatic nitrogens is 2. The number of carbonyl (C=O) groups excluding carboxylic acids is 1. The van der Waals surface area contributed by atoms with Crippen molar-refractivity contribution >= 4 is 11.6 Å². The minimum atomic E-state index is -0.612. The number of hydrogen-bond donors (Lipinski definition) is 1. The van der Waals surface area contributed by atoms with E-state index in [1.54, 1.807) is 19.2 Å². The Bertz CT molecular complexity index is 700. The lowest BCUT2D eigenvalue weighted by Gasteiger charge is -2.05. The summed E-state index contributed by atoms with van der Waals surface area (Å²) in [6.45, 7) is 1.95. The Hall–Kier alpha value is -2.68. The molecule has 6 heteroatoms. The van der Waals surface area contributed by atoms with Gasteiger partial charge in [0.25, 0.3) is 5.91 Å². The highest BCUT2D eigenvalue weighted by Gasteiger charge is 2.13. The molecule has 1 aromatic heterocycles. The zero-order chi connectivity index (χ0) is 14.7. The van der Waals surface area contributed by atoms with Gasteiger partial charge in [0, 0.05) is 12.7 Å². The van der Waals surface area contributed by atoms with Crippen molar-refractivity contribution in [1.82, 2.24) is 9.78 Å². The van der Waals surface area contributed by atoms with Crippen molar-refractivity contribution < 1.29 is 9.18 Å². The minimum absolute atomic E-state index is 0.109. The van der Waals surface area contributed by atoms with E-state index in [0.29, 0.717) is 11.4 Å². The lowest BCUT2D eigenvalue weighted by molar-refractivity contribution is 0.101. The van der Waals surface area contributed by atoms with E-state index in [0.717, 1.165) is 18.2 Å². The average Bonchev–Trinajstić information content (AvgIpc) is 2.82. The molecule has 0 bridgehead atoms. The van der Waals surface area contributed by atoms with Crippen LogP contribution in [0.2, 0.25) is 0 Å². The number of aryl methyl sites for hydroxylation is 2. The summed E-state index contributed by atoms with van der Waals surface area (Å²) in [5.41, 5.74) is 1.48. The van der Waals surface area contributed by atoms with E-state index in [4.69, 9.17) is 5.26 Å². The molecule has 1 aromatic carbocycles. The number of nitrogens with one attached hydrogen (secondary N) is 1. The molecular formula is C14H13FN4O. The first-order chi connectivity index (χ1) is 9.55. The molecule has 0 spiro atoms. The molecule has 0 aliphatic rings. The van der Waals surface area contributed by atoms with Crippen LogP contribution >= 0.6 is 0 Å². The van der Waals surface area contributed by atoms with E-state index in [1.165, 1.54) is 16.8 Å². The van der Waals surface area contributed by atoms with Crippen LogP contribution in [0.15, 0.2) is 24.3 Å². The van der Waals surface area contributed by atoms with E-state index >= 15 is 0 Å². The first-order valence-electron chi connectivity index (χ1n) is 6.09. The van der Waals surface area contributed by atoms with Crippen molar-refractivity contribution in [3.05, 3.63) is 47.0 Å². The molecule has 20 heavy (non-hydrogen) atoms. The van der Waals surface area contributed by atoms with E-state index in [-0.39, 0.29) is 11.5 Å². The topological polar surface area (TPSA) is 70.7 Å². The highest BCUT2D eigenvalue weighted by atomic mass is 19.1. The van der Waals surface area contributed by atoms with Crippen molar-refractivity contribution in [2.75, 3.05) is 5.32 Å². The quantitative estimate of drug-likeness (QED) is 0.931. The lowest BCUT2D eigenvalue weighted by atomic mass is 10.2. The van der Waals surface area contributed by atoms with Gasteiger partial charge in [0.1, 0.15) is 17.6 Å². The first kappa shape index (κ1) is 13.7. The molecular weight excluding hydrogens is 259 g/mol. The summed E-state index contributed by atoms with van der Waals surface area (Å²) >= 11 is 0. The Balaban J connectivity index is 2.23. The number of hydrogen-bond acceptors (Lipinski definition) is 3. The van der Waals surface area contributed by atoms with Gasteiger partial charge in [-0.3, -0.25) is 9.48 Å². The zero-order valence-electron chi connectivity index (χ0n) is 11.1. The fraction of sp³-hybridized carbons (Fsp3) is 0.214. The Morgan fingerprint density at radius 3 is 2.85 bits per heavy atom. The van der Waals surface area contributed by atoms with Crippen LogP contribution in [0.4, 0.5) is 10.1 Å². The fourth-order valence-corrected chi connectivity index (χ4v) is 1.80. The number of nitrogens with zero attached hydrogens (tertiary/aromatic N) is 3. The van der Waals surface area contributed by atoms with Gasteiger partial charge in [-0.25, -0.2) is 4.39 Å². The van der Waals surface area contributed by atoms with E-state index < -0.39 is 5.82 Å². The summed E-state index contributed by atoms with van der Waals surface area (Å²) in [4.78, 5) is 12.1. The van der Waals surface area contributed by atoms with Gasteiger partial charge >= 0.3 is 0 Å². The van der Waals surface area contributed by atoms with E-state index in [9.17, 15) is 9.18 Å². The van der Waals surface area contributed by atoms with E-state index in [1.807, 2.05) is 6.92 Å². The molecule has 0 aliphatic heterocycles. The van der Waals surface area contributed by atoms with Gasteiger partial charge in [-0.2, -0.15) is 10.4 Å². The molecule has 0 saturated carbocycles. The molecule has 0 unspecified atom stereocenters. The molecule has 0 aliphatic carbocycles. The molecule has 1 heterocycles. The van der Waals surface area contributed by atoms with Crippen LogP contribution in [0.5, 0.6) is 0 Å². The third-order valence-electron chi connectivity index (χ3n) is 2.87. The molecule has 0 saturated heterocycles. The van der Waals surface area contributed by atoms with Crippen LogP contribution in [0.1, 0.15) is 28.7 Å². The van der Waals surface area contributed by atoms with E-state index in [2.05, 4.69) is 10.4 Å². The van der Waals surface area contributed by atoms with Crippen molar-refractivity contribution in [3.8, 4) is 6.07 Å². The first-order valence-corrected chi connectivity index (χ1v) is 6.09. The minimum Gasteiger partial charge on any atom is -0.321 e. The Morgan fingerprint density at radius 1 is 1.50 bits per heavy atom. The number of benzene rings is 1. The van der Waals surface area contributed by atoms with Gasteiger partial charge < -0.3 is 5.32 Å². The van der Waals surface area contributed by atoms with Crippen molar-refractivity contribution in [3.63, 3.8) is 0 Å². The maximum Gasteiger partial charge on any atom is 0.273 e. The van der Waals surface area contributed by atoms with Gasteiger partial charge in [-0.05, 0) is 30.7 Å². The Morgan fingerprint density at radius 2 is 2.25 bits per heavy atom. The molecule has 0 radical (unpaired) electrons. The molecule has 2 rings (SSSR count). The maximum absolute atomic E-state index is 13.2. The summed E-state index contributed by atoms with van der Waals surface area (Å²) < 4.78 is 14.7. The average molecular weight is 272 g/mol. The lowest BCUT2D eigenvalue weighted by Crippen LogP contribution is -2.16. The largest absolute Gasteiger partial charge is 0.321 e. The summed E-state index contributed by atoms with van der Waals surface area (Å²) in [6, 6.07) is 7.28. The highest BCUT2D eigenvalue weighted by molar-refractivity contribution is 6.03.